The summed E-state index contributed by atoms with van der Waals surface area (Å²) in [6, 6.07) is 7.79. The maximum absolute atomic E-state index is 12.1. The van der Waals surface area contributed by atoms with E-state index in [9.17, 15) is 9.59 Å². The Labute approximate surface area is 156 Å². The van der Waals surface area contributed by atoms with E-state index in [2.05, 4.69) is 20.4 Å². The van der Waals surface area contributed by atoms with E-state index in [1.165, 1.54) is 11.8 Å². The van der Waals surface area contributed by atoms with Gasteiger partial charge in [0.25, 0.3) is 0 Å². The molecule has 2 amide bonds. The van der Waals surface area contributed by atoms with Crippen LogP contribution in [-0.4, -0.2) is 63.4 Å². The molecule has 1 N–H and O–H groups in total. The predicted octanol–water partition coefficient (Wildman–Crippen LogP) is 1.21. The van der Waals surface area contributed by atoms with Crippen LogP contribution in [0.5, 0.6) is 0 Å². The van der Waals surface area contributed by atoms with Gasteiger partial charge in [0.2, 0.25) is 11.8 Å². The maximum Gasteiger partial charge on any atom is 0.234 e. The van der Waals surface area contributed by atoms with Gasteiger partial charge in [-0.05, 0) is 24.3 Å². The quantitative estimate of drug-likeness (QED) is 0.792. The summed E-state index contributed by atoms with van der Waals surface area (Å²) in [6.07, 6.45) is 1.61. The fourth-order valence-electron chi connectivity index (χ4n) is 2.77. The zero-order valence-corrected chi connectivity index (χ0v) is 15.7. The summed E-state index contributed by atoms with van der Waals surface area (Å²) >= 11 is 1.35. The number of hydrogen-bond donors (Lipinski definition) is 1. The van der Waals surface area contributed by atoms with Gasteiger partial charge in [0, 0.05) is 51.5 Å². The lowest BCUT2D eigenvalue weighted by molar-refractivity contribution is -0.129. The van der Waals surface area contributed by atoms with Crippen LogP contribution in [0.1, 0.15) is 6.92 Å². The second-order valence-electron chi connectivity index (χ2n) is 6.10. The number of carbonyl (C=O) groups is 2. The van der Waals surface area contributed by atoms with Gasteiger partial charge in [-0.25, -0.2) is 0 Å². The molecule has 8 nitrogen and oxygen atoms in total. The molecule has 1 saturated heterocycles. The SMILES string of the molecule is CC(=O)N1CCN(c2ccc(NC(=O)CSc3nncn3C)cc2)CC1. The van der Waals surface area contributed by atoms with Crippen LogP contribution < -0.4 is 10.2 Å². The summed E-state index contributed by atoms with van der Waals surface area (Å²) in [5.74, 6) is 0.323. The van der Waals surface area contributed by atoms with Crippen molar-refractivity contribution in [2.24, 2.45) is 7.05 Å². The molecule has 138 valence electrons. The number of rotatable bonds is 5. The Morgan fingerprint density at radius 2 is 1.85 bits per heavy atom. The number of nitrogens with zero attached hydrogens (tertiary/aromatic N) is 5. The van der Waals surface area contributed by atoms with E-state index in [0.29, 0.717) is 5.16 Å². The van der Waals surface area contributed by atoms with Crippen LogP contribution in [0.2, 0.25) is 0 Å². The normalized spacial score (nSPS) is 14.4. The van der Waals surface area contributed by atoms with Crippen molar-refractivity contribution in [3.63, 3.8) is 0 Å². The van der Waals surface area contributed by atoms with E-state index >= 15 is 0 Å². The third-order valence-corrected chi connectivity index (χ3v) is 5.28. The Balaban J connectivity index is 1.49. The first kappa shape index (κ1) is 18.2. The Kier molecular flexibility index (Phi) is 5.77. The van der Waals surface area contributed by atoms with Crippen molar-refractivity contribution < 1.29 is 9.59 Å². The van der Waals surface area contributed by atoms with Gasteiger partial charge in [-0.1, -0.05) is 11.8 Å². The molecule has 9 heteroatoms. The van der Waals surface area contributed by atoms with Gasteiger partial charge in [0.15, 0.2) is 5.16 Å². The van der Waals surface area contributed by atoms with Crippen LogP contribution in [0.15, 0.2) is 35.7 Å². The summed E-state index contributed by atoms with van der Waals surface area (Å²) in [7, 11) is 1.84. The van der Waals surface area contributed by atoms with Crippen LogP contribution in [0.3, 0.4) is 0 Å². The number of thioether (sulfide) groups is 1. The average Bonchev–Trinajstić information content (AvgIpc) is 3.06. The third kappa shape index (κ3) is 4.54. The van der Waals surface area contributed by atoms with Crippen LogP contribution in [0, 0.1) is 0 Å². The second-order valence-corrected chi connectivity index (χ2v) is 7.04. The van der Waals surface area contributed by atoms with Crippen LogP contribution in [0.4, 0.5) is 11.4 Å². The minimum Gasteiger partial charge on any atom is -0.368 e. The molecule has 0 radical (unpaired) electrons. The summed E-state index contributed by atoms with van der Waals surface area (Å²) in [6.45, 7) is 4.73. The molecule has 0 unspecified atom stereocenters. The van der Waals surface area contributed by atoms with Crippen molar-refractivity contribution in [1.29, 1.82) is 0 Å². The number of benzene rings is 1. The standard InChI is InChI=1S/C17H22N6O2S/c1-13(24)22-7-9-23(10-8-22)15-5-3-14(4-6-15)19-16(25)11-26-17-20-18-12-21(17)2/h3-6,12H,7-11H2,1-2H3,(H,19,25). The minimum atomic E-state index is -0.0826. The molecule has 2 aromatic rings. The lowest BCUT2D eigenvalue weighted by Gasteiger charge is -2.35. The monoisotopic (exact) mass is 374 g/mol. The Hall–Kier alpha value is -2.55. The highest BCUT2D eigenvalue weighted by molar-refractivity contribution is 7.99. The van der Waals surface area contributed by atoms with Crippen LogP contribution in [0.25, 0.3) is 0 Å². The highest BCUT2D eigenvalue weighted by Crippen LogP contribution is 2.20. The molecular formula is C17H22N6O2S. The first-order valence-corrected chi connectivity index (χ1v) is 9.38. The van der Waals surface area contributed by atoms with E-state index in [4.69, 9.17) is 0 Å². The molecule has 3 rings (SSSR count). The molecule has 0 bridgehead atoms. The maximum atomic E-state index is 12.1. The molecule has 1 aliphatic heterocycles. The van der Waals surface area contributed by atoms with E-state index in [1.807, 2.05) is 36.2 Å². The van der Waals surface area contributed by atoms with Gasteiger partial charge in [0.05, 0.1) is 5.75 Å². The summed E-state index contributed by atoms with van der Waals surface area (Å²) in [5.41, 5.74) is 1.86. The fourth-order valence-corrected chi connectivity index (χ4v) is 3.45. The van der Waals surface area contributed by atoms with E-state index in [1.54, 1.807) is 17.8 Å². The molecule has 0 atom stereocenters. The van der Waals surface area contributed by atoms with Crippen molar-refractivity contribution in [3.05, 3.63) is 30.6 Å². The van der Waals surface area contributed by atoms with Crippen molar-refractivity contribution in [3.8, 4) is 0 Å². The molecule has 1 aromatic carbocycles. The van der Waals surface area contributed by atoms with E-state index in [0.717, 1.165) is 37.6 Å². The zero-order valence-electron chi connectivity index (χ0n) is 14.9. The van der Waals surface area contributed by atoms with Crippen molar-refractivity contribution in [2.45, 2.75) is 12.1 Å². The number of amides is 2. The van der Waals surface area contributed by atoms with Gasteiger partial charge in [0.1, 0.15) is 6.33 Å². The van der Waals surface area contributed by atoms with Crippen LogP contribution in [-0.2, 0) is 16.6 Å². The summed E-state index contributed by atoms with van der Waals surface area (Å²) < 4.78 is 1.78. The molecule has 1 aliphatic rings. The first-order valence-electron chi connectivity index (χ1n) is 8.40. The third-order valence-electron chi connectivity index (χ3n) is 4.24. The number of hydrogen-bond acceptors (Lipinski definition) is 6. The van der Waals surface area contributed by atoms with E-state index < -0.39 is 0 Å². The number of aromatic nitrogens is 3. The zero-order chi connectivity index (χ0) is 18.5. The molecule has 0 spiro atoms. The topological polar surface area (TPSA) is 83.4 Å². The van der Waals surface area contributed by atoms with Gasteiger partial charge < -0.3 is 19.7 Å². The lowest BCUT2D eigenvalue weighted by Crippen LogP contribution is -2.48. The average molecular weight is 374 g/mol. The van der Waals surface area contributed by atoms with Gasteiger partial charge in [-0.3, -0.25) is 9.59 Å². The molecule has 2 heterocycles. The largest absolute Gasteiger partial charge is 0.368 e. The molecule has 1 aromatic heterocycles. The Bertz CT molecular complexity index is 768. The van der Waals surface area contributed by atoms with Crippen molar-refractivity contribution >= 4 is 35.0 Å². The molecule has 1 fully saturated rings. The Morgan fingerprint density at radius 3 is 2.42 bits per heavy atom. The number of piperazine rings is 1. The summed E-state index contributed by atoms with van der Waals surface area (Å²) in [4.78, 5) is 27.6. The smallest absolute Gasteiger partial charge is 0.234 e. The lowest BCUT2D eigenvalue weighted by atomic mass is 10.2. The van der Waals surface area contributed by atoms with Gasteiger partial charge in [-0.2, -0.15) is 0 Å². The molecule has 0 aliphatic carbocycles. The fraction of sp³-hybridized carbons (Fsp3) is 0.412. The number of anilines is 2. The summed E-state index contributed by atoms with van der Waals surface area (Å²) in [5, 5.41) is 11.3. The molecule has 0 saturated carbocycles. The second kappa shape index (κ2) is 8.22. The number of aryl methyl sites for hydroxylation is 1. The van der Waals surface area contributed by atoms with Gasteiger partial charge in [-0.15, -0.1) is 10.2 Å². The predicted molar refractivity (Wildman–Crippen MR) is 101 cm³/mol. The van der Waals surface area contributed by atoms with Crippen molar-refractivity contribution in [1.82, 2.24) is 19.7 Å². The number of carbonyl (C=O) groups excluding carboxylic acids is 2. The highest BCUT2D eigenvalue weighted by atomic mass is 32.2. The highest BCUT2D eigenvalue weighted by Gasteiger charge is 2.18. The minimum absolute atomic E-state index is 0.0826. The Morgan fingerprint density at radius 1 is 1.15 bits per heavy atom. The molecule has 26 heavy (non-hydrogen) atoms. The number of nitrogens with one attached hydrogen (secondary N) is 1. The van der Waals surface area contributed by atoms with Gasteiger partial charge >= 0.3 is 0 Å². The van der Waals surface area contributed by atoms with Crippen molar-refractivity contribution in [2.75, 3.05) is 42.1 Å². The van der Waals surface area contributed by atoms with Crippen LogP contribution >= 0.6 is 11.8 Å². The first-order chi connectivity index (χ1) is 12.5. The molecular weight excluding hydrogens is 352 g/mol. The van der Waals surface area contributed by atoms with E-state index in [-0.39, 0.29) is 17.6 Å².